The van der Waals surface area contributed by atoms with Crippen molar-refractivity contribution >= 4 is 23.6 Å². The van der Waals surface area contributed by atoms with Crippen LogP contribution in [0.1, 0.15) is 24.7 Å². The Kier molecular flexibility index (Phi) is 5.41. The molecule has 2 aliphatic rings. The molecule has 4 rings (SSSR count). The number of halogens is 1. The number of likely N-dealkylation sites (tertiary alicyclic amines) is 1. The van der Waals surface area contributed by atoms with E-state index in [1.807, 2.05) is 23.7 Å². The number of carbonyl (C=O) groups is 1. The highest BCUT2D eigenvalue weighted by Crippen LogP contribution is 2.30. The molecule has 0 aromatic carbocycles. The zero-order valence-electron chi connectivity index (χ0n) is 16.9. The third kappa shape index (κ3) is 3.79. The molecular weight excluding hydrogens is 390 g/mol. The number of hydrogen-bond donors (Lipinski definition) is 0. The van der Waals surface area contributed by atoms with Gasteiger partial charge in [-0.1, -0.05) is 11.6 Å². The van der Waals surface area contributed by atoms with Gasteiger partial charge < -0.3 is 9.64 Å². The molecule has 0 amide bonds. The molecule has 0 bridgehead atoms. The van der Waals surface area contributed by atoms with E-state index in [4.69, 9.17) is 16.3 Å². The van der Waals surface area contributed by atoms with Crippen molar-refractivity contribution in [3.05, 3.63) is 40.4 Å². The fraction of sp³-hybridized carbons (Fsp3) is 0.429. The Morgan fingerprint density at radius 2 is 2.17 bits per heavy atom. The molecule has 0 radical (unpaired) electrons. The summed E-state index contributed by atoms with van der Waals surface area (Å²) in [5.41, 5.74) is 5.00. The summed E-state index contributed by atoms with van der Waals surface area (Å²) in [5.74, 6) is 0.451. The molecule has 1 saturated heterocycles. The van der Waals surface area contributed by atoms with E-state index < -0.39 is 0 Å². The van der Waals surface area contributed by atoms with E-state index in [2.05, 4.69) is 33.8 Å². The van der Waals surface area contributed by atoms with Crippen LogP contribution in [0, 0.1) is 13.8 Å². The predicted octanol–water partition coefficient (Wildman–Crippen LogP) is 3.14. The van der Waals surface area contributed by atoms with Gasteiger partial charge in [0.15, 0.2) is 5.78 Å². The Labute approximate surface area is 175 Å². The number of aliphatic imine (C=N–C) groups is 1. The molecule has 0 saturated carbocycles. The van der Waals surface area contributed by atoms with Gasteiger partial charge in [0.1, 0.15) is 17.7 Å². The van der Waals surface area contributed by atoms with Crippen molar-refractivity contribution in [2.75, 3.05) is 19.6 Å². The largest absolute Gasteiger partial charge is 0.472 e. The first-order chi connectivity index (χ1) is 14.0. The van der Waals surface area contributed by atoms with Crippen LogP contribution in [-0.4, -0.2) is 57.4 Å². The summed E-state index contributed by atoms with van der Waals surface area (Å²) in [6.07, 6.45) is 4.25. The van der Waals surface area contributed by atoms with Gasteiger partial charge in [0.25, 0.3) is 0 Å². The molecule has 0 aliphatic carbocycles. The number of rotatable bonds is 5. The first-order valence-electron chi connectivity index (χ1n) is 9.82. The molecule has 2 aromatic rings. The number of carbonyl (C=O) groups excluding carboxylic acids is 1. The van der Waals surface area contributed by atoms with Gasteiger partial charge in [0.05, 0.1) is 17.9 Å². The number of ketones is 1. The number of aromatic nitrogens is 3. The number of dihydropyridines is 1. The number of aryl methyl sites for hydroxylation is 2. The Hall–Kier alpha value is -2.67. The van der Waals surface area contributed by atoms with Crippen LogP contribution in [0.4, 0.5) is 0 Å². The molecular formula is C21H24ClN5O2. The lowest BCUT2D eigenvalue weighted by molar-refractivity contribution is -0.113. The molecule has 0 N–H and O–H groups in total. The summed E-state index contributed by atoms with van der Waals surface area (Å²) in [4.78, 5) is 22.3. The van der Waals surface area contributed by atoms with E-state index in [1.165, 1.54) is 0 Å². The van der Waals surface area contributed by atoms with Gasteiger partial charge >= 0.3 is 0 Å². The Morgan fingerprint density at radius 1 is 1.34 bits per heavy atom. The first kappa shape index (κ1) is 19.6. The topological polar surface area (TPSA) is 72.6 Å². The van der Waals surface area contributed by atoms with E-state index in [9.17, 15) is 4.79 Å². The fourth-order valence-corrected chi connectivity index (χ4v) is 4.20. The minimum Gasteiger partial charge on any atom is -0.472 e. The van der Waals surface area contributed by atoms with Gasteiger partial charge in [-0.25, -0.2) is 4.98 Å². The average Bonchev–Trinajstić information content (AvgIpc) is 3.28. The maximum absolute atomic E-state index is 11.8. The zero-order chi connectivity index (χ0) is 20.5. The number of hydrogen-bond acceptors (Lipinski definition) is 6. The number of ether oxygens (including phenoxy) is 1. The number of pyridine rings is 1. The van der Waals surface area contributed by atoms with Crippen LogP contribution in [0.5, 0.6) is 5.88 Å². The monoisotopic (exact) mass is 413 g/mol. The van der Waals surface area contributed by atoms with Crippen LogP contribution < -0.4 is 4.74 Å². The van der Waals surface area contributed by atoms with E-state index in [0.29, 0.717) is 18.1 Å². The molecule has 2 aliphatic heterocycles. The number of Topliss-reactive ketones (excluding diaryl/α,β-unsaturated/α-hetero) is 1. The highest BCUT2D eigenvalue weighted by Gasteiger charge is 2.29. The lowest BCUT2D eigenvalue weighted by Crippen LogP contribution is -2.28. The highest BCUT2D eigenvalue weighted by atomic mass is 35.5. The summed E-state index contributed by atoms with van der Waals surface area (Å²) < 4.78 is 8.16. The van der Waals surface area contributed by atoms with Crippen LogP contribution in [0.15, 0.2) is 34.1 Å². The minimum absolute atomic E-state index is 0.0271. The van der Waals surface area contributed by atoms with Crippen molar-refractivity contribution in [1.29, 1.82) is 0 Å². The van der Waals surface area contributed by atoms with E-state index >= 15 is 0 Å². The maximum atomic E-state index is 11.8. The third-order valence-electron chi connectivity index (χ3n) is 5.40. The SMILES string of the molecule is CCn1nc(C)c(-c2ccnc(O[C@@H]3CCN(C4=C(Cl)C(=O)CN=C4)C3)c2)c1C. The van der Waals surface area contributed by atoms with Gasteiger partial charge in [-0.15, -0.1) is 0 Å². The minimum atomic E-state index is -0.138. The molecule has 1 atom stereocenters. The summed E-state index contributed by atoms with van der Waals surface area (Å²) in [6.45, 7) is 8.55. The molecule has 29 heavy (non-hydrogen) atoms. The molecule has 1 fully saturated rings. The standard InChI is InChI=1S/C21H24ClN5O2/c1-4-27-14(3)20(13(2)25-27)15-5-7-24-19(9-15)29-16-6-8-26(12-16)17-10-23-11-18(28)21(17)22/h5,7,9-10,16H,4,6,8,11-12H2,1-3H3/t16-/m1/s1. The molecule has 0 spiro atoms. The third-order valence-corrected chi connectivity index (χ3v) is 5.80. The van der Waals surface area contributed by atoms with Gasteiger partial charge in [0.2, 0.25) is 5.88 Å². The zero-order valence-corrected chi connectivity index (χ0v) is 17.6. The van der Waals surface area contributed by atoms with Gasteiger partial charge in [-0.2, -0.15) is 5.10 Å². The summed E-state index contributed by atoms with van der Waals surface area (Å²) >= 11 is 6.19. The molecule has 0 unspecified atom stereocenters. The van der Waals surface area contributed by atoms with Crippen molar-refractivity contribution in [2.24, 2.45) is 4.99 Å². The summed E-state index contributed by atoms with van der Waals surface area (Å²) in [5, 5.41) is 4.87. The van der Waals surface area contributed by atoms with Gasteiger partial charge in [-0.05, 0) is 32.4 Å². The van der Waals surface area contributed by atoms with Crippen molar-refractivity contribution in [2.45, 2.75) is 39.8 Å². The van der Waals surface area contributed by atoms with Crippen LogP contribution in [-0.2, 0) is 11.3 Å². The Balaban J connectivity index is 1.50. The second-order valence-electron chi connectivity index (χ2n) is 7.31. The smallest absolute Gasteiger partial charge is 0.214 e. The molecule has 152 valence electrons. The van der Waals surface area contributed by atoms with Crippen molar-refractivity contribution in [1.82, 2.24) is 19.7 Å². The molecule has 2 aromatic heterocycles. The fourth-order valence-electron chi connectivity index (χ4n) is 3.97. The predicted molar refractivity (Wildman–Crippen MR) is 112 cm³/mol. The van der Waals surface area contributed by atoms with Crippen molar-refractivity contribution < 1.29 is 9.53 Å². The highest BCUT2D eigenvalue weighted by molar-refractivity contribution is 6.44. The summed E-state index contributed by atoms with van der Waals surface area (Å²) in [6, 6.07) is 3.96. The van der Waals surface area contributed by atoms with Gasteiger partial charge in [-0.3, -0.25) is 14.5 Å². The van der Waals surface area contributed by atoms with E-state index in [0.717, 1.165) is 42.0 Å². The lowest BCUT2D eigenvalue weighted by Gasteiger charge is -2.22. The Morgan fingerprint density at radius 3 is 2.93 bits per heavy atom. The van der Waals surface area contributed by atoms with Crippen LogP contribution in [0.25, 0.3) is 11.1 Å². The second-order valence-corrected chi connectivity index (χ2v) is 7.69. The van der Waals surface area contributed by atoms with Crippen LogP contribution >= 0.6 is 11.6 Å². The van der Waals surface area contributed by atoms with E-state index in [1.54, 1.807) is 12.4 Å². The number of allylic oxidation sites excluding steroid dienone is 1. The second kappa shape index (κ2) is 7.99. The Bertz CT molecular complexity index is 1010. The molecule has 4 heterocycles. The molecule has 7 nitrogen and oxygen atoms in total. The van der Waals surface area contributed by atoms with E-state index in [-0.39, 0.29) is 23.5 Å². The maximum Gasteiger partial charge on any atom is 0.214 e. The van der Waals surface area contributed by atoms with Crippen LogP contribution in [0.3, 0.4) is 0 Å². The van der Waals surface area contributed by atoms with Gasteiger partial charge in [0, 0.05) is 49.2 Å². The quantitative estimate of drug-likeness (QED) is 0.752. The number of nitrogens with zero attached hydrogens (tertiary/aromatic N) is 5. The average molecular weight is 414 g/mol. The summed E-state index contributed by atoms with van der Waals surface area (Å²) in [7, 11) is 0. The van der Waals surface area contributed by atoms with Crippen LogP contribution in [0.2, 0.25) is 0 Å². The van der Waals surface area contributed by atoms with Crippen molar-refractivity contribution in [3.8, 4) is 17.0 Å². The first-order valence-corrected chi connectivity index (χ1v) is 10.2. The lowest BCUT2D eigenvalue weighted by atomic mass is 10.1. The normalized spacial score (nSPS) is 19.4. The molecule has 8 heteroatoms. The van der Waals surface area contributed by atoms with Crippen molar-refractivity contribution in [3.63, 3.8) is 0 Å².